The third-order valence-corrected chi connectivity index (χ3v) is 4.56. The van der Waals surface area contributed by atoms with Gasteiger partial charge < -0.3 is 9.05 Å². The van der Waals surface area contributed by atoms with E-state index in [1.807, 2.05) is 0 Å². The van der Waals surface area contributed by atoms with E-state index in [1.165, 1.54) is 0 Å². The van der Waals surface area contributed by atoms with Crippen molar-refractivity contribution in [3.63, 3.8) is 0 Å². The Morgan fingerprint density at radius 1 is 1.27 bits per heavy atom. The molecular formula is C8H18NO5P. The molecule has 0 saturated carbocycles. The fourth-order valence-corrected chi connectivity index (χ4v) is 3.23. The maximum absolute atomic E-state index is 12.1. The molecule has 0 radical (unpaired) electrons. The molecule has 0 N–H and O–H groups in total. The molecule has 0 spiro atoms. The summed E-state index contributed by atoms with van der Waals surface area (Å²) in [5.74, 6) is 0. The molecule has 0 aliphatic heterocycles. The predicted molar refractivity (Wildman–Crippen MR) is 56.8 cm³/mol. The van der Waals surface area contributed by atoms with E-state index < -0.39 is 18.2 Å². The molecule has 0 aromatic heterocycles. The topological polar surface area (TPSA) is 78.7 Å². The highest BCUT2D eigenvalue weighted by atomic mass is 31.2. The molecule has 0 bridgehead atoms. The first-order valence-corrected chi connectivity index (χ1v) is 6.61. The monoisotopic (exact) mass is 239 g/mol. The Bertz CT molecular complexity index is 235. The quantitative estimate of drug-likeness (QED) is 0.369. The van der Waals surface area contributed by atoms with Gasteiger partial charge in [-0.05, 0) is 20.3 Å². The first-order valence-electron chi connectivity index (χ1n) is 5.00. The highest BCUT2D eigenvalue weighted by molar-refractivity contribution is 7.54. The summed E-state index contributed by atoms with van der Waals surface area (Å²) >= 11 is 0. The molecule has 6 nitrogen and oxygen atoms in total. The molecule has 0 aliphatic rings. The van der Waals surface area contributed by atoms with Gasteiger partial charge in [-0.1, -0.05) is 6.92 Å². The van der Waals surface area contributed by atoms with Crippen molar-refractivity contribution in [2.45, 2.75) is 32.9 Å². The molecule has 0 heterocycles. The summed E-state index contributed by atoms with van der Waals surface area (Å²) in [5.41, 5.74) is -0.660. The van der Waals surface area contributed by atoms with Gasteiger partial charge in [0.15, 0.2) is 0 Å². The number of nitrogens with zero attached hydrogens (tertiary/aromatic N) is 1. The van der Waals surface area contributed by atoms with E-state index in [2.05, 4.69) is 0 Å². The van der Waals surface area contributed by atoms with Gasteiger partial charge in [0, 0.05) is 4.92 Å². The smallest absolute Gasteiger partial charge is 0.309 e. The molecule has 0 aromatic carbocycles. The summed E-state index contributed by atoms with van der Waals surface area (Å²) in [6, 6.07) is 0. The van der Waals surface area contributed by atoms with Gasteiger partial charge in [0.25, 0.3) is 0 Å². The van der Waals surface area contributed by atoms with Gasteiger partial charge in [0.05, 0.1) is 13.2 Å². The van der Waals surface area contributed by atoms with E-state index in [0.717, 1.165) is 0 Å². The highest BCUT2D eigenvalue weighted by Gasteiger charge is 2.37. The van der Waals surface area contributed by atoms with Crippen molar-refractivity contribution >= 4 is 7.60 Å². The van der Waals surface area contributed by atoms with E-state index in [9.17, 15) is 14.7 Å². The second-order valence-corrected chi connectivity index (χ2v) is 5.28. The lowest BCUT2D eigenvalue weighted by Gasteiger charge is -2.22. The summed E-state index contributed by atoms with van der Waals surface area (Å²) < 4.78 is 22.2. The Labute approximate surface area is 89.6 Å². The standard InChI is InChI=1S/C8H18NO5P/c1-4-8(7-9(10)11)15(12,13-5-2)14-6-3/h8H,4-7H2,1-3H3. The SMILES string of the molecule is CCOP(=O)(OCC)C(CC)C[N+](=O)[O-]. The molecule has 1 atom stereocenters. The zero-order valence-corrected chi connectivity index (χ0v) is 10.2. The van der Waals surface area contributed by atoms with Crippen LogP contribution in [0, 0.1) is 10.1 Å². The Morgan fingerprint density at radius 3 is 2.00 bits per heavy atom. The predicted octanol–water partition coefficient (Wildman–Crippen LogP) is 2.31. The van der Waals surface area contributed by atoms with E-state index in [1.54, 1.807) is 20.8 Å². The van der Waals surface area contributed by atoms with E-state index in [-0.39, 0.29) is 19.8 Å². The summed E-state index contributed by atoms with van der Waals surface area (Å²) in [4.78, 5) is 9.91. The summed E-state index contributed by atoms with van der Waals surface area (Å²) in [7, 11) is -3.33. The molecule has 0 amide bonds. The molecular weight excluding hydrogens is 221 g/mol. The van der Waals surface area contributed by atoms with Gasteiger partial charge in [0.1, 0.15) is 5.66 Å². The largest absolute Gasteiger partial charge is 0.340 e. The molecule has 0 fully saturated rings. The fourth-order valence-electron chi connectivity index (χ4n) is 1.23. The van der Waals surface area contributed by atoms with Gasteiger partial charge in [-0.3, -0.25) is 14.7 Å². The van der Waals surface area contributed by atoms with Crippen LogP contribution >= 0.6 is 7.60 Å². The van der Waals surface area contributed by atoms with Crippen LogP contribution in [-0.4, -0.2) is 30.3 Å². The van der Waals surface area contributed by atoms with Crippen LogP contribution in [-0.2, 0) is 13.6 Å². The Balaban J connectivity index is 4.68. The second-order valence-electron chi connectivity index (χ2n) is 2.95. The van der Waals surface area contributed by atoms with E-state index in [4.69, 9.17) is 9.05 Å². The molecule has 15 heavy (non-hydrogen) atoms. The zero-order valence-electron chi connectivity index (χ0n) is 9.34. The lowest BCUT2D eigenvalue weighted by molar-refractivity contribution is -0.479. The van der Waals surface area contributed by atoms with Gasteiger partial charge in [0.2, 0.25) is 6.54 Å². The maximum atomic E-state index is 12.1. The van der Waals surface area contributed by atoms with Crippen LogP contribution < -0.4 is 0 Å². The number of hydrogen-bond acceptors (Lipinski definition) is 5. The molecule has 0 aromatic rings. The average molecular weight is 239 g/mol. The second kappa shape index (κ2) is 6.93. The van der Waals surface area contributed by atoms with Crippen LogP contribution in [0.2, 0.25) is 0 Å². The molecule has 7 heteroatoms. The minimum atomic E-state index is -3.33. The first kappa shape index (κ1) is 14.6. The summed E-state index contributed by atoms with van der Waals surface area (Å²) in [6.45, 7) is 5.18. The van der Waals surface area contributed by atoms with Crippen LogP contribution in [0.1, 0.15) is 27.2 Å². The minimum Gasteiger partial charge on any atom is -0.309 e. The first-order chi connectivity index (χ1) is 7.00. The van der Waals surface area contributed by atoms with Crippen LogP contribution in [0.4, 0.5) is 0 Å². The van der Waals surface area contributed by atoms with Crippen molar-refractivity contribution in [2.24, 2.45) is 0 Å². The van der Waals surface area contributed by atoms with Gasteiger partial charge in [-0.2, -0.15) is 0 Å². The highest BCUT2D eigenvalue weighted by Crippen LogP contribution is 2.54. The van der Waals surface area contributed by atoms with Crippen molar-refractivity contribution in [1.29, 1.82) is 0 Å². The van der Waals surface area contributed by atoms with Crippen molar-refractivity contribution in [3.8, 4) is 0 Å². The van der Waals surface area contributed by atoms with Crippen LogP contribution in [0.15, 0.2) is 0 Å². The van der Waals surface area contributed by atoms with Crippen LogP contribution in [0.25, 0.3) is 0 Å². The Hall–Kier alpha value is -0.450. The van der Waals surface area contributed by atoms with Gasteiger partial charge in [-0.25, -0.2) is 0 Å². The van der Waals surface area contributed by atoms with E-state index in [0.29, 0.717) is 6.42 Å². The van der Waals surface area contributed by atoms with Crippen molar-refractivity contribution in [1.82, 2.24) is 0 Å². The maximum Gasteiger partial charge on any atom is 0.340 e. The average Bonchev–Trinajstić information content (AvgIpc) is 2.14. The van der Waals surface area contributed by atoms with Crippen molar-refractivity contribution < 1.29 is 18.5 Å². The number of rotatable bonds is 8. The third kappa shape index (κ3) is 4.73. The number of hydrogen-bond donors (Lipinski definition) is 0. The molecule has 1 unspecified atom stereocenters. The number of nitro groups is 1. The van der Waals surface area contributed by atoms with Gasteiger partial charge in [-0.15, -0.1) is 0 Å². The molecule has 0 saturated heterocycles. The van der Waals surface area contributed by atoms with E-state index >= 15 is 0 Å². The minimum absolute atomic E-state index is 0.228. The third-order valence-electron chi connectivity index (χ3n) is 1.90. The fraction of sp³-hybridized carbons (Fsp3) is 1.00. The lowest BCUT2D eigenvalue weighted by Crippen LogP contribution is -2.22. The Morgan fingerprint density at radius 2 is 1.73 bits per heavy atom. The molecule has 0 aliphatic carbocycles. The lowest BCUT2D eigenvalue weighted by atomic mass is 10.3. The zero-order chi connectivity index (χ0) is 11.9. The molecule has 90 valence electrons. The normalized spacial score (nSPS) is 13.8. The summed E-state index contributed by atoms with van der Waals surface area (Å²) in [5, 5.41) is 10.4. The Kier molecular flexibility index (Phi) is 6.72. The van der Waals surface area contributed by atoms with Crippen LogP contribution in [0.3, 0.4) is 0 Å². The molecule has 0 rings (SSSR count). The van der Waals surface area contributed by atoms with Crippen molar-refractivity contribution in [2.75, 3.05) is 19.8 Å². The van der Waals surface area contributed by atoms with Crippen molar-refractivity contribution in [3.05, 3.63) is 10.1 Å². The van der Waals surface area contributed by atoms with Gasteiger partial charge >= 0.3 is 7.60 Å². The van der Waals surface area contributed by atoms with Crippen LogP contribution in [0.5, 0.6) is 0 Å². The summed E-state index contributed by atoms with van der Waals surface area (Å²) in [6.07, 6.45) is 0.401.